The molecule has 2 rings (SSSR count). The van der Waals surface area contributed by atoms with Gasteiger partial charge in [0.25, 0.3) is 5.91 Å². The number of morpholine rings is 1. The number of aliphatic hydroxyl groups is 1. The van der Waals surface area contributed by atoms with E-state index in [1.807, 2.05) is 24.3 Å². The zero-order valence-corrected chi connectivity index (χ0v) is 12.6. The van der Waals surface area contributed by atoms with Crippen molar-refractivity contribution >= 4 is 5.91 Å². The Morgan fingerprint density at radius 3 is 3.05 bits per heavy atom. The summed E-state index contributed by atoms with van der Waals surface area (Å²) in [6.45, 7) is 5.61. The minimum Gasteiger partial charge on any atom is -0.484 e. The zero-order valence-electron chi connectivity index (χ0n) is 12.6. The maximum Gasteiger partial charge on any atom is 0.260 e. The van der Waals surface area contributed by atoms with E-state index in [4.69, 9.17) is 14.6 Å². The monoisotopic (exact) mass is 293 g/mol. The Hall–Kier alpha value is -1.59. The third kappa shape index (κ3) is 4.44. The van der Waals surface area contributed by atoms with E-state index in [1.54, 1.807) is 4.90 Å². The summed E-state index contributed by atoms with van der Waals surface area (Å²) < 4.78 is 10.9. The first-order valence-corrected chi connectivity index (χ1v) is 7.33. The van der Waals surface area contributed by atoms with E-state index in [-0.39, 0.29) is 25.2 Å². The number of carbonyl (C=O) groups is 1. The molecule has 1 amide bonds. The molecule has 1 aliphatic heterocycles. The van der Waals surface area contributed by atoms with Crippen molar-refractivity contribution in [2.45, 2.75) is 25.9 Å². The van der Waals surface area contributed by atoms with E-state index in [0.29, 0.717) is 31.4 Å². The van der Waals surface area contributed by atoms with Crippen LogP contribution in [0.15, 0.2) is 24.3 Å². The van der Waals surface area contributed by atoms with Gasteiger partial charge < -0.3 is 19.5 Å². The normalized spacial score (nSPS) is 18.9. The molecule has 116 valence electrons. The third-order valence-corrected chi connectivity index (χ3v) is 3.58. The van der Waals surface area contributed by atoms with Crippen molar-refractivity contribution in [3.05, 3.63) is 29.8 Å². The second-order valence-electron chi connectivity index (χ2n) is 5.53. The van der Waals surface area contributed by atoms with Crippen LogP contribution in [0.5, 0.6) is 5.75 Å². The fraction of sp³-hybridized carbons (Fsp3) is 0.562. The summed E-state index contributed by atoms with van der Waals surface area (Å²) in [4.78, 5) is 13.8. The Morgan fingerprint density at radius 1 is 1.52 bits per heavy atom. The van der Waals surface area contributed by atoms with Gasteiger partial charge in [-0.3, -0.25) is 4.79 Å². The highest BCUT2D eigenvalue weighted by Crippen LogP contribution is 2.20. The summed E-state index contributed by atoms with van der Waals surface area (Å²) in [5.41, 5.74) is 1.19. The molecule has 1 atom stereocenters. The van der Waals surface area contributed by atoms with Gasteiger partial charge in [0.2, 0.25) is 0 Å². The molecule has 0 aliphatic carbocycles. The molecule has 5 nitrogen and oxygen atoms in total. The predicted octanol–water partition coefficient (Wildman–Crippen LogP) is 1.41. The minimum absolute atomic E-state index is 0.0136. The molecular weight excluding hydrogens is 270 g/mol. The average molecular weight is 293 g/mol. The van der Waals surface area contributed by atoms with Crippen molar-refractivity contribution in [3.63, 3.8) is 0 Å². The summed E-state index contributed by atoms with van der Waals surface area (Å²) in [5.74, 6) is 1.06. The van der Waals surface area contributed by atoms with Crippen molar-refractivity contribution < 1.29 is 19.4 Å². The fourth-order valence-corrected chi connectivity index (χ4v) is 2.26. The molecule has 1 N–H and O–H groups in total. The van der Waals surface area contributed by atoms with Crippen LogP contribution in [0.3, 0.4) is 0 Å². The topological polar surface area (TPSA) is 59.0 Å². The van der Waals surface area contributed by atoms with Crippen LogP contribution >= 0.6 is 0 Å². The van der Waals surface area contributed by atoms with Crippen molar-refractivity contribution in [2.75, 3.05) is 32.9 Å². The Balaban J connectivity index is 1.87. The number of rotatable bonds is 5. The van der Waals surface area contributed by atoms with Crippen LogP contribution in [0, 0.1) is 0 Å². The lowest BCUT2D eigenvalue weighted by Crippen LogP contribution is -2.48. The van der Waals surface area contributed by atoms with Crippen molar-refractivity contribution in [3.8, 4) is 5.75 Å². The van der Waals surface area contributed by atoms with Gasteiger partial charge in [-0.15, -0.1) is 0 Å². The Bertz CT molecular complexity index is 475. The fourth-order valence-electron chi connectivity index (χ4n) is 2.26. The first-order chi connectivity index (χ1) is 10.1. The van der Waals surface area contributed by atoms with Gasteiger partial charge in [-0.05, 0) is 23.6 Å². The molecule has 0 radical (unpaired) electrons. The van der Waals surface area contributed by atoms with Crippen LogP contribution in [0.25, 0.3) is 0 Å². The number of aliphatic hydroxyl groups excluding tert-OH is 1. The van der Waals surface area contributed by atoms with Gasteiger partial charge in [0.15, 0.2) is 6.61 Å². The summed E-state index contributed by atoms with van der Waals surface area (Å²) in [5, 5.41) is 9.09. The molecule has 0 spiro atoms. The Labute approximate surface area is 125 Å². The summed E-state index contributed by atoms with van der Waals surface area (Å²) >= 11 is 0. The lowest BCUT2D eigenvalue weighted by Gasteiger charge is -2.31. The first-order valence-electron chi connectivity index (χ1n) is 7.33. The van der Waals surface area contributed by atoms with Crippen LogP contribution in [-0.2, 0) is 9.53 Å². The SMILES string of the molecule is CC(C)c1cccc(OCC(=O)N2CCOC(CO)C2)c1. The lowest BCUT2D eigenvalue weighted by molar-refractivity contribution is -0.142. The molecular formula is C16H23NO4. The van der Waals surface area contributed by atoms with Gasteiger partial charge in [0, 0.05) is 13.1 Å². The number of ether oxygens (including phenoxy) is 2. The molecule has 5 heteroatoms. The maximum absolute atomic E-state index is 12.1. The Morgan fingerprint density at radius 2 is 2.33 bits per heavy atom. The average Bonchev–Trinajstić information content (AvgIpc) is 2.53. The highest BCUT2D eigenvalue weighted by atomic mass is 16.5. The summed E-state index contributed by atoms with van der Waals surface area (Å²) in [6, 6.07) is 7.81. The first kappa shape index (κ1) is 15.8. The van der Waals surface area contributed by atoms with Gasteiger partial charge in [-0.25, -0.2) is 0 Å². The second kappa shape index (κ2) is 7.43. The van der Waals surface area contributed by atoms with Gasteiger partial charge in [0.05, 0.1) is 19.3 Å². The van der Waals surface area contributed by atoms with Crippen LogP contribution in [0.2, 0.25) is 0 Å². The summed E-state index contributed by atoms with van der Waals surface area (Å²) in [6.07, 6.45) is -0.285. The van der Waals surface area contributed by atoms with Crippen LogP contribution in [-0.4, -0.2) is 54.9 Å². The number of hydrogen-bond donors (Lipinski definition) is 1. The highest BCUT2D eigenvalue weighted by molar-refractivity contribution is 5.77. The zero-order chi connectivity index (χ0) is 15.2. The van der Waals surface area contributed by atoms with Crippen LogP contribution in [0.4, 0.5) is 0 Å². The number of hydrogen-bond acceptors (Lipinski definition) is 4. The predicted molar refractivity (Wildman–Crippen MR) is 79.4 cm³/mol. The van der Waals surface area contributed by atoms with E-state index < -0.39 is 0 Å². The molecule has 1 aromatic carbocycles. The molecule has 1 unspecified atom stereocenters. The van der Waals surface area contributed by atoms with E-state index in [1.165, 1.54) is 5.56 Å². The molecule has 0 aromatic heterocycles. The molecule has 21 heavy (non-hydrogen) atoms. The van der Waals surface area contributed by atoms with E-state index >= 15 is 0 Å². The molecule has 1 aliphatic rings. The van der Waals surface area contributed by atoms with E-state index in [0.717, 1.165) is 0 Å². The van der Waals surface area contributed by atoms with Gasteiger partial charge >= 0.3 is 0 Å². The van der Waals surface area contributed by atoms with Crippen LogP contribution in [0.1, 0.15) is 25.3 Å². The largest absolute Gasteiger partial charge is 0.484 e. The van der Waals surface area contributed by atoms with Crippen molar-refractivity contribution in [1.29, 1.82) is 0 Å². The standard InChI is InChI=1S/C16H23NO4/c1-12(2)13-4-3-5-14(8-13)21-11-16(19)17-6-7-20-15(9-17)10-18/h3-5,8,12,15,18H,6-7,9-11H2,1-2H3. The number of benzene rings is 1. The maximum atomic E-state index is 12.1. The van der Waals surface area contributed by atoms with E-state index in [2.05, 4.69) is 13.8 Å². The number of amides is 1. The van der Waals surface area contributed by atoms with E-state index in [9.17, 15) is 4.79 Å². The molecule has 1 fully saturated rings. The molecule has 0 saturated carbocycles. The number of carbonyl (C=O) groups excluding carboxylic acids is 1. The van der Waals surface area contributed by atoms with Crippen molar-refractivity contribution in [1.82, 2.24) is 4.90 Å². The van der Waals surface area contributed by atoms with Gasteiger partial charge in [-0.2, -0.15) is 0 Å². The number of nitrogens with zero attached hydrogens (tertiary/aromatic N) is 1. The van der Waals surface area contributed by atoms with Crippen LogP contribution < -0.4 is 4.74 Å². The van der Waals surface area contributed by atoms with Crippen molar-refractivity contribution in [2.24, 2.45) is 0 Å². The molecule has 1 heterocycles. The lowest BCUT2D eigenvalue weighted by atomic mass is 10.0. The minimum atomic E-state index is -0.285. The second-order valence-corrected chi connectivity index (χ2v) is 5.53. The highest BCUT2D eigenvalue weighted by Gasteiger charge is 2.23. The molecule has 1 saturated heterocycles. The smallest absolute Gasteiger partial charge is 0.260 e. The van der Waals surface area contributed by atoms with Gasteiger partial charge in [-0.1, -0.05) is 26.0 Å². The third-order valence-electron chi connectivity index (χ3n) is 3.58. The summed E-state index contributed by atoms with van der Waals surface area (Å²) in [7, 11) is 0. The molecule has 0 bridgehead atoms. The Kier molecular flexibility index (Phi) is 5.59. The quantitative estimate of drug-likeness (QED) is 0.892. The molecule has 1 aromatic rings. The van der Waals surface area contributed by atoms with Gasteiger partial charge in [0.1, 0.15) is 5.75 Å².